The Morgan fingerprint density at radius 2 is 1.63 bits per heavy atom. The van der Waals surface area contributed by atoms with E-state index in [1.54, 1.807) is 21.3 Å². The van der Waals surface area contributed by atoms with Crippen LogP contribution in [0.2, 0.25) is 0 Å². The first kappa shape index (κ1) is 13.1. The van der Waals surface area contributed by atoms with Crippen molar-refractivity contribution in [3.63, 3.8) is 0 Å². The fraction of sp³-hybridized carbons (Fsp3) is 0.308. The number of nitrogens with zero attached hydrogens (tertiary/aromatic N) is 1. The monoisotopic (exact) mass is 263 g/mol. The Hall–Kier alpha value is -2.37. The zero-order chi connectivity index (χ0) is 13.8. The van der Waals surface area contributed by atoms with Crippen molar-refractivity contribution in [3.05, 3.63) is 18.2 Å². The molecule has 0 fully saturated rings. The van der Waals surface area contributed by atoms with Crippen LogP contribution < -0.4 is 19.5 Å². The van der Waals surface area contributed by atoms with Gasteiger partial charge in [0.25, 0.3) is 0 Å². The Bertz CT molecular complexity index is 541. The number of hydrogen-bond donors (Lipinski definition) is 2. The summed E-state index contributed by atoms with van der Waals surface area (Å²) in [6.45, 7) is 0. The Kier molecular flexibility index (Phi) is 3.79. The topological polar surface area (TPSA) is 68.4 Å². The summed E-state index contributed by atoms with van der Waals surface area (Å²) in [5.74, 6) is 2.56. The fourth-order valence-corrected chi connectivity index (χ4v) is 1.83. The molecule has 0 atom stereocenters. The molecule has 102 valence electrons. The maximum atomic E-state index is 5.32. The second-order valence-electron chi connectivity index (χ2n) is 3.83. The summed E-state index contributed by atoms with van der Waals surface area (Å²) < 4.78 is 15.9. The van der Waals surface area contributed by atoms with Gasteiger partial charge in [-0.3, -0.25) is 5.10 Å². The van der Waals surface area contributed by atoms with Gasteiger partial charge in [0, 0.05) is 18.7 Å². The van der Waals surface area contributed by atoms with Crippen LogP contribution in [0.25, 0.3) is 11.3 Å². The number of benzene rings is 1. The largest absolute Gasteiger partial charge is 0.493 e. The molecule has 2 aromatic rings. The molecule has 1 aromatic carbocycles. The smallest absolute Gasteiger partial charge is 0.203 e. The SMILES string of the molecule is CNc1cc(-c2cc(OC)c(OC)c(OC)c2)[nH]n1. The average Bonchev–Trinajstić information content (AvgIpc) is 2.94. The van der Waals surface area contributed by atoms with E-state index in [4.69, 9.17) is 14.2 Å². The van der Waals surface area contributed by atoms with Crippen molar-refractivity contribution in [1.82, 2.24) is 10.2 Å². The van der Waals surface area contributed by atoms with Crippen LogP contribution in [0.5, 0.6) is 17.2 Å². The van der Waals surface area contributed by atoms with Crippen LogP contribution in [0.1, 0.15) is 0 Å². The van der Waals surface area contributed by atoms with Gasteiger partial charge in [0.15, 0.2) is 11.5 Å². The third-order valence-corrected chi connectivity index (χ3v) is 2.81. The lowest BCUT2D eigenvalue weighted by atomic mass is 10.1. The summed E-state index contributed by atoms with van der Waals surface area (Å²) in [5, 5.41) is 10.0. The van der Waals surface area contributed by atoms with Gasteiger partial charge in [-0.05, 0) is 12.1 Å². The summed E-state index contributed by atoms with van der Waals surface area (Å²) >= 11 is 0. The zero-order valence-electron chi connectivity index (χ0n) is 11.4. The molecule has 0 aliphatic heterocycles. The van der Waals surface area contributed by atoms with Crippen LogP contribution in [0.3, 0.4) is 0 Å². The number of aromatic nitrogens is 2. The van der Waals surface area contributed by atoms with Gasteiger partial charge >= 0.3 is 0 Å². The standard InChI is InChI=1S/C13H17N3O3/c1-14-12-7-9(15-16-12)8-5-10(17-2)13(19-4)11(6-8)18-3/h5-7H,1-4H3,(H2,14,15,16). The highest BCUT2D eigenvalue weighted by atomic mass is 16.5. The molecule has 0 bridgehead atoms. The molecule has 6 heteroatoms. The second-order valence-corrected chi connectivity index (χ2v) is 3.83. The van der Waals surface area contributed by atoms with E-state index in [2.05, 4.69) is 15.5 Å². The predicted octanol–water partition coefficient (Wildman–Crippen LogP) is 2.14. The number of anilines is 1. The lowest BCUT2D eigenvalue weighted by molar-refractivity contribution is 0.324. The van der Waals surface area contributed by atoms with Gasteiger partial charge in [-0.15, -0.1) is 0 Å². The van der Waals surface area contributed by atoms with Crippen molar-refractivity contribution < 1.29 is 14.2 Å². The minimum Gasteiger partial charge on any atom is -0.493 e. The van der Waals surface area contributed by atoms with Gasteiger partial charge in [-0.25, -0.2) is 0 Å². The van der Waals surface area contributed by atoms with Gasteiger partial charge < -0.3 is 19.5 Å². The zero-order valence-corrected chi connectivity index (χ0v) is 11.4. The van der Waals surface area contributed by atoms with E-state index in [-0.39, 0.29) is 0 Å². The maximum Gasteiger partial charge on any atom is 0.203 e. The molecular formula is C13H17N3O3. The van der Waals surface area contributed by atoms with Crippen molar-refractivity contribution >= 4 is 5.82 Å². The number of rotatable bonds is 5. The highest BCUT2D eigenvalue weighted by Gasteiger charge is 2.15. The normalized spacial score (nSPS) is 10.1. The summed E-state index contributed by atoms with van der Waals surface area (Å²) in [4.78, 5) is 0. The maximum absolute atomic E-state index is 5.32. The molecule has 1 heterocycles. The molecular weight excluding hydrogens is 246 g/mol. The molecule has 19 heavy (non-hydrogen) atoms. The molecule has 0 radical (unpaired) electrons. The van der Waals surface area contributed by atoms with E-state index in [0.717, 1.165) is 17.1 Å². The minimum atomic E-state index is 0.571. The van der Waals surface area contributed by atoms with Crippen molar-refractivity contribution in [2.45, 2.75) is 0 Å². The van der Waals surface area contributed by atoms with Gasteiger partial charge in [0.05, 0.1) is 27.0 Å². The number of hydrogen-bond acceptors (Lipinski definition) is 5. The first-order valence-corrected chi connectivity index (χ1v) is 5.77. The van der Waals surface area contributed by atoms with Crippen LogP contribution in [-0.4, -0.2) is 38.6 Å². The van der Waals surface area contributed by atoms with Gasteiger partial charge in [0.1, 0.15) is 5.82 Å². The van der Waals surface area contributed by atoms with Crippen LogP contribution in [0, 0.1) is 0 Å². The fourth-order valence-electron chi connectivity index (χ4n) is 1.83. The number of ether oxygens (including phenoxy) is 3. The number of aromatic amines is 1. The number of nitrogens with one attached hydrogen (secondary N) is 2. The molecule has 1 aromatic heterocycles. The van der Waals surface area contributed by atoms with E-state index in [0.29, 0.717) is 17.2 Å². The molecule has 0 saturated heterocycles. The van der Waals surface area contributed by atoms with E-state index in [1.165, 1.54) is 0 Å². The van der Waals surface area contributed by atoms with Crippen LogP contribution in [0.15, 0.2) is 18.2 Å². The molecule has 6 nitrogen and oxygen atoms in total. The Morgan fingerprint density at radius 3 is 2.05 bits per heavy atom. The molecule has 0 aliphatic rings. The molecule has 0 amide bonds. The summed E-state index contributed by atoms with van der Waals surface area (Å²) in [7, 11) is 6.57. The highest BCUT2D eigenvalue weighted by molar-refractivity contribution is 5.70. The third-order valence-electron chi connectivity index (χ3n) is 2.81. The van der Waals surface area contributed by atoms with Crippen LogP contribution in [-0.2, 0) is 0 Å². The molecule has 2 N–H and O–H groups in total. The first-order valence-electron chi connectivity index (χ1n) is 5.77. The van der Waals surface area contributed by atoms with E-state index >= 15 is 0 Å². The van der Waals surface area contributed by atoms with E-state index in [1.807, 2.05) is 25.2 Å². The second kappa shape index (κ2) is 5.51. The number of methoxy groups -OCH3 is 3. The molecule has 0 spiro atoms. The van der Waals surface area contributed by atoms with E-state index in [9.17, 15) is 0 Å². The Labute approximate surface area is 111 Å². The average molecular weight is 263 g/mol. The van der Waals surface area contributed by atoms with Crippen LogP contribution in [0.4, 0.5) is 5.82 Å². The van der Waals surface area contributed by atoms with Crippen LogP contribution >= 0.6 is 0 Å². The van der Waals surface area contributed by atoms with Gasteiger partial charge in [0.2, 0.25) is 5.75 Å². The molecule has 0 unspecified atom stereocenters. The van der Waals surface area contributed by atoms with Gasteiger partial charge in [-0.2, -0.15) is 5.10 Å². The molecule has 0 aliphatic carbocycles. The van der Waals surface area contributed by atoms with E-state index < -0.39 is 0 Å². The van der Waals surface area contributed by atoms with Crippen molar-refractivity contribution in [1.29, 1.82) is 0 Å². The summed E-state index contributed by atoms with van der Waals surface area (Å²) in [6, 6.07) is 5.64. The lowest BCUT2D eigenvalue weighted by Gasteiger charge is -2.13. The van der Waals surface area contributed by atoms with Crippen molar-refractivity contribution in [3.8, 4) is 28.5 Å². The number of H-pyrrole nitrogens is 1. The molecule has 2 rings (SSSR count). The third kappa shape index (κ3) is 2.42. The Morgan fingerprint density at radius 1 is 1.00 bits per heavy atom. The lowest BCUT2D eigenvalue weighted by Crippen LogP contribution is -1.95. The quantitative estimate of drug-likeness (QED) is 0.865. The predicted molar refractivity (Wildman–Crippen MR) is 73.2 cm³/mol. The van der Waals surface area contributed by atoms with Crippen molar-refractivity contribution in [2.24, 2.45) is 0 Å². The summed E-state index contributed by atoms with van der Waals surface area (Å²) in [5.41, 5.74) is 1.77. The van der Waals surface area contributed by atoms with Crippen molar-refractivity contribution in [2.75, 3.05) is 33.7 Å². The highest BCUT2D eigenvalue weighted by Crippen LogP contribution is 2.40. The summed E-state index contributed by atoms with van der Waals surface area (Å²) in [6.07, 6.45) is 0. The minimum absolute atomic E-state index is 0.571. The van der Waals surface area contributed by atoms with Gasteiger partial charge in [-0.1, -0.05) is 0 Å². The Balaban J connectivity index is 2.51. The first-order chi connectivity index (χ1) is 9.23. The molecule has 0 saturated carbocycles.